The second-order valence-electron chi connectivity index (χ2n) is 7.81. The molecule has 2 aromatic carbocycles. The molecule has 2 saturated heterocycles. The van der Waals surface area contributed by atoms with Crippen LogP contribution < -0.4 is 4.74 Å². The van der Waals surface area contributed by atoms with Gasteiger partial charge in [0.15, 0.2) is 6.29 Å². The normalized spacial score (nSPS) is 24.7. The number of non-ortho nitro benzene ring substituents is 1. The summed E-state index contributed by atoms with van der Waals surface area (Å²) < 4.78 is 22.6. The second-order valence-corrected chi connectivity index (χ2v) is 7.81. The van der Waals surface area contributed by atoms with Crippen LogP contribution in [0.2, 0.25) is 0 Å². The third kappa shape index (κ3) is 5.07. The van der Waals surface area contributed by atoms with Crippen molar-refractivity contribution in [1.29, 1.82) is 0 Å². The molecule has 9 heteroatoms. The molecular weight excluding hydrogens is 416 g/mol. The number of ether oxygens (including phenoxy) is 4. The summed E-state index contributed by atoms with van der Waals surface area (Å²) in [5.41, 5.74) is 1.12. The maximum atomic E-state index is 12.5. The lowest BCUT2D eigenvalue weighted by molar-refractivity contribution is -0.384. The Hall–Kier alpha value is -3.01. The van der Waals surface area contributed by atoms with Crippen molar-refractivity contribution < 1.29 is 28.7 Å². The first-order chi connectivity index (χ1) is 15.5. The number of carbonyl (C=O) groups is 1. The molecule has 32 heavy (non-hydrogen) atoms. The Bertz CT molecular complexity index is 922. The highest BCUT2D eigenvalue weighted by atomic mass is 16.7. The third-order valence-corrected chi connectivity index (χ3v) is 5.90. The van der Waals surface area contributed by atoms with Crippen molar-refractivity contribution >= 4 is 11.8 Å². The summed E-state index contributed by atoms with van der Waals surface area (Å²) in [7, 11) is 0. The van der Waals surface area contributed by atoms with Gasteiger partial charge in [0.2, 0.25) is 0 Å². The van der Waals surface area contributed by atoms with Crippen LogP contribution in [0.25, 0.3) is 0 Å². The molecule has 4 rings (SSSR count). The number of benzene rings is 2. The van der Waals surface area contributed by atoms with Crippen LogP contribution in [0, 0.1) is 16.0 Å². The van der Waals surface area contributed by atoms with Crippen LogP contribution in [0.1, 0.15) is 18.9 Å². The van der Waals surface area contributed by atoms with Gasteiger partial charge in [0, 0.05) is 31.1 Å². The van der Waals surface area contributed by atoms with E-state index >= 15 is 0 Å². The highest BCUT2D eigenvalue weighted by Crippen LogP contribution is 2.36. The van der Waals surface area contributed by atoms with Gasteiger partial charge in [0.25, 0.3) is 5.69 Å². The summed E-state index contributed by atoms with van der Waals surface area (Å²) in [6, 6.07) is 15.5. The van der Waals surface area contributed by atoms with E-state index in [2.05, 4.69) is 24.0 Å². The smallest absolute Gasteiger partial charge is 0.430 e. The van der Waals surface area contributed by atoms with E-state index in [1.165, 1.54) is 29.8 Å². The summed E-state index contributed by atoms with van der Waals surface area (Å²) >= 11 is 0. The Morgan fingerprint density at radius 2 is 1.91 bits per heavy atom. The predicted octanol–water partition coefficient (Wildman–Crippen LogP) is 3.76. The van der Waals surface area contributed by atoms with Gasteiger partial charge in [-0.2, -0.15) is 0 Å². The molecular formula is C23H26N2O7. The van der Waals surface area contributed by atoms with E-state index in [1.807, 2.05) is 18.2 Å². The molecule has 0 aliphatic carbocycles. The van der Waals surface area contributed by atoms with Gasteiger partial charge in [-0.1, -0.05) is 37.3 Å². The average Bonchev–Trinajstić information content (AvgIpc) is 3.23. The lowest BCUT2D eigenvalue weighted by atomic mass is 9.90. The molecule has 4 unspecified atom stereocenters. The largest absolute Gasteiger partial charge is 0.514 e. The highest BCUT2D eigenvalue weighted by Gasteiger charge is 2.49. The van der Waals surface area contributed by atoms with Gasteiger partial charge in [-0.25, -0.2) is 4.79 Å². The third-order valence-electron chi connectivity index (χ3n) is 5.90. The number of carbonyl (C=O) groups excluding carboxylic acids is 1. The quantitative estimate of drug-likeness (QED) is 0.277. The van der Waals surface area contributed by atoms with Crippen LogP contribution in [-0.2, 0) is 20.8 Å². The Balaban J connectivity index is 1.42. The topological polar surface area (TPSA) is 100 Å². The van der Waals surface area contributed by atoms with Gasteiger partial charge in [-0.15, -0.1) is 0 Å². The number of likely N-dealkylation sites (N-methyl/N-ethyl adjacent to an activating group) is 1. The van der Waals surface area contributed by atoms with Crippen LogP contribution >= 0.6 is 0 Å². The molecule has 9 nitrogen and oxygen atoms in total. The van der Waals surface area contributed by atoms with Crippen molar-refractivity contribution in [3.8, 4) is 5.75 Å². The fourth-order valence-electron chi connectivity index (χ4n) is 4.32. The maximum absolute atomic E-state index is 12.5. The minimum absolute atomic E-state index is 0.0303. The van der Waals surface area contributed by atoms with Crippen LogP contribution in [0.5, 0.6) is 5.75 Å². The summed E-state index contributed by atoms with van der Waals surface area (Å²) in [5, 5.41) is 10.8. The number of rotatable bonds is 7. The Kier molecular flexibility index (Phi) is 6.99. The van der Waals surface area contributed by atoms with Crippen LogP contribution in [0.4, 0.5) is 10.5 Å². The molecule has 0 saturated carbocycles. The van der Waals surface area contributed by atoms with E-state index in [0.717, 1.165) is 13.1 Å². The molecule has 0 spiro atoms. The van der Waals surface area contributed by atoms with Crippen LogP contribution in [-0.4, -0.2) is 54.2 Å². The van der Waals surface area contributed by atoms with E-state index < -0.39 is 23.5 Å². The fraction of sp³-hybridized carbons (Fsp3) is 0.435. The van der Waals surface area contributed by atoms with Crippen LogP contribution in [0.3, 0.4) is 0 Å². The summed E-state index contributed by atoms with van der Waals surface area (Å²) in [6.07, 6.45) is -1.16. The first-order valence-corrected chi connectivity index (χ1v) is 10.7. The monoisotopic (exact) mass is 442 g/mol. The van der Waals surface area contributed by atoms with Crippen molar-refractivity contribution in [2.45, 2.75) is 38.3 Å². The van der Waals surface area contributed by atoms with E-state index in [4.69, 9.17) is 18.9 Å². The number of nitrogens with zero attached hydrogens (tertiary/aromatic N) is 2. The standard InChI is InChI=1S/C23H26N2O7/c1-2-24(14-16-6-4-3-5-7-16)19-15-30-22-21(19)20(12-13-29-22)32-23(26)31-18-10-8-17(9-11-18)25(27)28/h3-11,19-22H,2,12-15H2,1H3. The zero-order chi connectivity index (χ0) is 22.5. The minimum atomic E-state index is -0.846. The molecule has 2 heterocycles. The molecule has 0 N–H and O–H groups in total. The summed E-state index contributed by atoms with van der Waals surface area (Å²) in [4.78, 5) is 25.0. The fourth-order valence-corrected chi connectivity index (χ4v) is 4.32. The van der Waals surface area contributed by atoms with Gasteiger partial charge in [-0.3, -0.25) is 15.0 Å². The molecule has 170 valence electrons. The first kappa shape index (κ1) is 22.2. The van der Waals surface area contributed by atoms with E-state index in [-0.39, 0.29) is 23.4 Å². The molecule has 0 aromatic heterocycles. The highest BCUT2D eigenvalue weighted by molar-refractivity contribution is 5.64. The zero-order valence-corrected chi connectivity index (χ0v) is 17.8. The molecule has 2 fully saturated rings. The van der Waals surface area contributed by atoms with Crippen molar-refractivity contribution in [2.75, 3.05) is 19.8 Å². The van der Waals surface area contributed by atoms with Crippen molar-refractivity contribution in [3.05, 3.63) is 70.3 Å². The van der Waals surface area contributed by atoms with E-state index in [0.29, 0.717) is 19.6 Å². The summed E-state index contributed by atoms with van der Waals surface area (Å²) in [5.74, 6) is 0.0412. The number of hydrogen-bond acceptors (Lipinski definition) is 8. The molecule has 2 aromatic rings. The van der Waals surface area contributed by atoms with Gasteiger partial charge in [-0.05, 0) is 24.2 Å². The van der Waals surface area contributed by atoms with Gasteiger partial charge < -0.3 is 18.9 Å². The van der Waals surface area contributed by atoms with Gasteiger partial charge in [0.1, 0.15) is 11.9 Å². The Morgan fingerprint density at radius 3 is 2.59 bits per heavy atom. The van der Waals surface area contributed by atoms with E-state index in [1.54, 1.807) is 0 Å². The van der Waals surface area contributed by atoms with E-state index in [9.17, 15) is 14.9 Å². The second kappa shape index (κ2) is 10.1. The van der Waals surface area contributed by atoms with Crippen LogP contribution in [0.15, 0.2) is 54.6 Å². The molecule has 2 aliphatic rings. The van der Waals surface area contributed by atoms with Crippen molar-refractivity contribution in [3.63, 3.8) is 0 Å². The number of hydrogen-bond donors (Lipinski definition) is 0. The number of fused-ring (bicyclic) bond motifs is 1. The molecule has 2 aliphatic heterocycles. The van der Waals surface area contributed by atoms with Crippen molar-refractivity contribution in [1.82, 2.24) is 4.90 Å². The molecule has 0 bridgehead atoms. The van der Waals surface area contributed by atoms with Gasteiger partial charge in [0.05, 0.1) is 24.1 Å². The minimum Gasteiger partial charge on any atom is -0.430 e. The van der Waals surface area contributed by atoms with Crippen molar-refractivity contribution in [2.24, 2.45) is 5.92 Å². The SMILES string of the molecule is CCN(Cc1ccccc1)C1COC2OCCC(OC(=O)Oc3ccc([N+](=O)[O-])cc3)C21. The number of nitro benzene ring substituents is 1. The lowest BCUT2D eigenvalue weighted by Crippen LogP contribution is -2.50. The Morgan fingerprint density at radius 1 is 1.16 bits per heavy atom. The Labute approximate surface area is 186 Å². The molecule has 0 radical (unpaired) electrons. The summed E-state index contributed by atoms with van der Waals surface area (Å²) in [6.45, 7) is 4.58. The number of nitro groups is 1. The predicted molar refractivity (Wildman–Crippen MR) is 114 cm³/mol. The maximum Gasteiger partial charge on any atom is 0.514 e. The molecule has 4 atom stereocenters. The average molecular weight is 442 g/mol. The first-order valence-electron chi connectivity index (χ1n) is 10.7. The zero-order valence-electron chi connectivity index (χ0n) is 17.8. The lowest BCUT2D eigenvalue weighted by Gasteiger charge is -2.38. The molecule has 0 amide bonds. The van der Waals surface area contributed by atoms with Gasteiger partial charge >= 0.3 is 6.16 Å².